The van der Waals surface area contributed by atoms with Crippen LogP contribution in [0.15, 0.2) is 36.0 Å². The molecule has 0 bridgehead atoms. The molecule has 0 radical (unpaired) electrons. The molecule has 0 fully saturated rings. The summed E-state index contributed by atoms with van der Waals surface area (Å²) in [5, 5.41) is 13.9. The lowest BCUT2D eigenvalue weighted by Gasteiger charge is -2.09. The summed E-state index contributed by atoms with van der Waals surface area (Å²) >= 11 is 5.48. The molecule has 2 N–H and O–H groups in total. The number of carbonyl (C=O) groups excluding carboxylic acids is 1. The molecule has 1 amide bonds. The maximum absolute atomic E-state index is 12.6. The number of amides is 1. The molecule has 0 aliphatic carbocycles. The smallest absolute Gasteiger partial charge is 0.390 e. The predicted molar refractivity (Wildman–Crippen MR) is 77.1 cm³/mol. The lowest BCUT2D eigenvalue weighted by atomic mass is 10.2. The average Bonchev–Trinajstić information content (AvgIpc) is 2.46. The van der Waals surface area contributed by atoms with E-state index in [4.69, 9.17) is 16.9 Å². The molecule has 0 saturated heterocycles. The van der Waals surface area contributed by atoms with Gasteiger partial charge in [-0.15, -0.1) is 11.6 Å². The molecular formula is C14H13ClF3N3O. The van der Waals surface area contributed by atoms with Crippen molar-refractivity contribution < 1.29 is 18.0 Å². The van der Waals surface area contributed by atoms with Crippen molar-refractivity contribution in [1.29, 1.82) is 5.26 Å². The Morgan fingerprint density at radius 2 is 2.14 bits per heavy atom. The van der Waals surface area contributed by atoms with E-state index in [1.807, 2.05) is 0 Å². The van der Waals surface area contributed by atoms with Crippen molar-refractivity contribution >= 4 is 23.2 Å². The van der Waals surface area contributed by atoms with E-state index in [9.17, 15) is 18.0 Å². The molecule has 1 aromatic rings. The minimum atomic E-state index is -4.50. The van der Waals surface area contributed by atoms with Crippen LogP contribution in [0.4, 0.5) is 18.9 Å². The summed E-state index contributed by atoms with van der Waals surface area (Å²) in [6.45, 7) is 0.478. The summed E-state index contributed by atoms with van der Waals surface area (Å²) in [6.07, 6.45) is -2.65. The molecule has 0 aromatic heterocycles. The van der Waals surface area contributed by atoms with Crippen molar-refractivity contribution in [3.63, 3.8) is 0 Å². The fourth-order valence-electron chi connectivity index (χ4n) is 1.46. The first-order valence-corrected chi connectivity index (χ1v) is 6.80. The summed E-state index contributed by atoms with van der Waals surface area (Å²) in [6, 6.07) is 5.85. The van der Waals surface area contributed by atoms with Gasteiger partial charge in [-0.1, -0.05) is 6.07 Å². The molecule has 0 heterocycles. The third-order valence-corrected chi connectivity index (χ3v) is 2.78. The molecule has 0 aliphatic heterocycles. The van der Waals surface area contributed by atoms with E-state index >= 15 is 0 Å². The molecule has 118 valence electrons. The van der Waals surface area contributed by atoms with Crippen LogP contribution in [0.3, 0.4) is 0 Å². The summed E-state index contributed by atoms with van der Waals surface area (Å²) in [4.78, 5) is 11.8. The topological polar surface area (TPSA) is 64.9 Å². The third-order valence-electron chi connectivity index (χ3n) is 2.51. The lowest BCUT2D eigenvalue weighted by Crippen LogP contribution is -2.17. The number of carbonyl (C=O) groups is 1. The van der Waals surface area contributed by atoms with Crippen LogP contribution in [0.25, 0.3) is 0 Å². The number of nitrogens with zero attached hydrogens (tertiary/aromatic N) is 1. The summed E-state index contributed by atoms with van der Waals surface area (Å²) < 4.78 is 37.7. The number of alkyl halides is 4. The SMILES string of the molecule is N#C/C(=C/NCCCCl)C(=O)Nc1cccc(C(F)(F)F)c1. The molecule has 1 aromatic carbocycles. The summed E-state index contributed by atoms with van der Waals surface area (Å²) in [7, 11) is 0. The summed E-state index contributed by atoms with van der Waals surface area (Å²) in [5.74, 6) is -0.362. The van der Waals surface area contributed by atoms with Gasteiger partial charge in [0.25, 0.3) is 5.91 Å². The summed E-state index contributed by atoms with van der Waals surface area (Å²) in [5.41, 5.74) is -1.17. The van der Waals surface area contributed by atoms with Gasteiger partial charge < -0.3 is 10.6 Å². The Hall–Kier alpha value is -2.20. The van der Waals surface area contributed by atoms with Crippen molar-refractivity contribution in [3.8, 4) is 6.07 Å². The molecule has 22 heavy (non-hydrogen) atoms. The average molecular weight is 332 g/mol. The molecule has 8 heteroatoms. The zero-order valence-corrected chi connectivity index (χ0v) is 12.1. The lowest BCUT2D eigenvalue weighted by molar-refractivity contribution is -0.137. The van der Waals surface area contributed by atoms with Crippen LogP contribution in [-0.2, 0) is 11.0 Å². The Morgan fingerprint density at radius 1 is 1.41 bits per heavy atom. The highest BCUT2D eigenvalue weighted by Gasteiger charge is 2.30. The van der Waals surface area contributed by atoms with Gasteiger partial charge in [0.1, 0.15) is 11.6 Å². The van der Waals surface area contributed by atoms with Crippen LogP contribution in [0.1, 0.15) is 12.0 Å². The molecule has 0 aliphatic rings. The number of rotatable bonds is 6. The minimum Gasteiger partial charge on any atom is -0.390 e. The molecule has 4 nitrogen and oxygen atoms in total. The van der Waals surface area contributed by atoms with Gasteiger partial charge in [0, 0.05) is 24.3 Å². The Bertz CT molecular complexity index is 594. The van der Waals surface area contributed by atoms with E-state index in [1.165, 1.54) is 18.3 Å². The fourth-order valence-corrected chi connectivity index (χ4v) is 1.60. The second-order valence-corrected chi connectivity index (χ2v) is 4.58. The Morgan fingerprint density at radius 3 is 2.73 bits per heavy atom. The van der Waals surface area contributed by atoms with E-state index in [0.29, 0.717) is 18.8 Å². The number of nitriles is 1. The van der Waals surface area contributed by atoms with Crippen molar-refractivity contribution in [2.24, 2.45) is 0 Å². The monoisotopic (exact) mass is 331 g/mol. The highest BCUT2D eigenvalue weighted by atomic mass is 35.5. The van der Waals surface area contributed by atoms with Gasteiger partial charge in [-0.3, -0.25) is 4.79 Å². The minimum absolute atomic E-state index is 0.0401. The van der Waals surface area contributed by atoms with Crippen LogP contribution in [-0.4, -0.2) is 18.3 Å². The second kappa shape index (κ2) is 8.29. The maximum atomic E-state index is 12.6. The highest BCUT2D eigenvalue weighted by molar-refractivity contribution is 6.17. The number of hydrogen-bond acceptors (Lipinski definition) is 3. The number of benzene rings is 1. The molecule has 1 rings (SSSR count). The fraction of sp³-hybridized carbons (Fsp3) is 0.286. The largest absolute Gasteiger partial charge is 0.416 e. The Kier molecular flexibility index (Phi) is 6.73. The maximum Gasteiger partial charge on any atom is 0.416 e. The van der Waals surface area contributed by atoms with E-state index in [2.05, 4.69) is 10.6 Å². The quantitative estimate of drug-likeness (QED) is 0.364. The van der Waals surface area contributed by atoms with Crippen molar-refractivity contribution in [3.05, 3.63) is 41.6 Å². The zero-order chi connectivity index (χ0) is 16.6. The van der Waals surface area contributed by atoms with Crippen molar-refractivity contribution in [1.82, 2.24) is 5.32 Å². The van der Waals surface area contributed by atoms with Crippen molar-refractivity contribution in [2.75, 3.05) is 17.7 Å². The van der Waals surface area contributed by atoms with Gasteiger partial charge in [-0.25, -0.2) is 0 Å². The zero-order valence-electron chi connectivity index (χ0n) is 11.4. The second-order valence-electron chi connectivity index (χ2n) is 4.20. The first-order chi connectivity index (χ1) is 10.4. The molecule has 0 spiro atoms. The van der Waals surface area contributed by atoms with Gasteiger partial charge in [0.05, 0.1) is 5.56 Å². The van der Waals surface area contributed by atoms with Gasteiger partial charge in [-0.2, -0.15) is 18.4 Å². The Labute approximate surface area is 130 Å². The van der Waals surface area contributed by atoms with Gasteiger partial charge >= 0.3 is 6.18 Å². The number of hydrogen-bond donors (Lipinski definition) is 2. The van der Waals surface area contributed by atoms with Crippen LogP contribution < -0.4 is 10.6 Å². The van der Waals surface area contributed by atoms with Crippen LogP contribution in [0, 0.1) is 11.3 Å². The van der Waals surface area contributed by atoms with E-state index in [0.717, 1.165) is 12.1 Å². The van der Waals surface area contributed by atoms with Gasteiger partial charge in [0.15, 0.2) is 0 Å². The van der Waals surface area contributed by atoms with Crippen LogP contribution in [0.5, 0.6) is 0 Å². The standard InChI is InChI=1S/C14H13ClF3N3O/c15-5-2-6-20-9-10(8-19)13(22)21-12-4-1-3-11(7-12)14(16,17)18/h1,3-4,7,9,20H,2,5-6H2,(H,21,22)/b10-9-. The first-order valence-electron chi connectivity index (χ1n) is 6.26. The number of halogens is 4. The molecule has 0 atom stereocenters. The van der Waals surface area contributed by atoms with E-state index < -0.39 is 17.6 Å². The van der Waals surface area contributed by atoms with Crippen LogP contribution in [0.2, 0.25) is 0 Å². The van der Waals surface area contributed by atoms with E-state index in [-0.39, 0.29) is 11.3 Å². The van der Waals surface area contributed by atoms with Gasteiger partial charge in [-0.05, 0) is 24.6 Å². The number of nitrogens with one attached hydrogen (secondary N) is 2. The molecule has 0 unspecified atom stereocenters. The molecular weight excluding hydrogens is 319 g/mol. The molecule has 0 saturated carbocycles. The number of anilines is 1. The van der Waals surface area contributed by atoms with Crippen LogP contribution >= 0.6 is 11.6 Å². The third kappa shape index (κ3) is 5.66. The predicted octanol–water partition coefficient (Wildman–Crippen LogP) is 3.27. The van der Waals surface area contributed by atoms with Gasteiger partial charge in [0.2, 0.25) is 0 Å². The normalized spacial score (nSPS) is 11.7. The van der Waals surface area contributed by atoms with Crippen molar-refractivity contribution in [2.45, 2.75) is 12.6 Å². The first kappa shape index (κ1) is 17.9. The van der Waals surface area contributed by atoms with E-state index in [1.54, 1.807) is 6.07 Å². The highest BCUT2D eigenvalue weighted by Crippen LogP contribution is 2.30. The Balaban J connectivity index is 2.77.